The van der Waals surface area contributed by atoms with E-state index in [4.69, 9.17) is 4.74 Å². The Labute approximate surface area is 140 Å². The Balaban J connectivity index is 2.26. The zero-order valence-electron chi connectivity index (χ0n) is 13.5. The van der Waals surface area contributed by atoms with Crippen LogP contribution in [-0.4, -0.2) is 31.6 Å². The number of aromatic nitrogens is 1. The zero-order chi connectivity index (χ0) is 18.0. The molecule has 0 bridgehead atoms. The first-order chi connectivity index (χ1) is 11.2. The van der Waals surface area contributed by atoms with Gasteiger partial charge in [0.15, 0.2) is 0 Å². The predicted octanol–water partition coefficient (Wildman–Crippen LogP) is 2.25. The first-order valence-electron chi connectivity index (χ1n) is 7.02. The molecule has 0 spiro atoms. The van der Waals surface area contributed by atoms with Crippen LogP contribution in [-0.2, 0) is 20.2 Å². The molecule has 1 aromatic heterocycles. The molecule has 0 fully saturated rings. The normalized spacial score (nSPS) is 11.8. The second-order valence-electron chi connectivity index (χ2n) is 5.67. The van der Waals surface area contributed by atoms with Gasteiger partial charge >= 0.3 is 5.97 Å². The fraction of sp³-hybridized carbons (Fsp3) is 0.250. The Morgan fingerprint density at radius 3 is 2.38 bits per heavy atom. The van der Waals surface area contributed by atoms with Gasteiger partial charge in [0.1, 0.15) is 10.6 Å². The molecule has 24 heavy (non-hydrogen) atoms. The van der Waals surface area contributed by atoms with Crippen LogP contribution in [0.5, 0.6) is 5.75 Å². The van der Waals surface area contributed by atoms with Gasteiger partial charge in [-0.2, -0.15) is 0 Å². The summed E-state index contributed by atoms with van der Waals surface area (Å²) in [5.74, 6) is -0.630. The minimum atomic E-state index is -3.82. The summed E-state index contributed by atoms with van der Waals surface area (Å²) in [5.41, 5.74) is -0.169. The quantitative estimate of drug-likeness (QED) is 0.828. The Kier molecular flexibility index (Phi) is 4.79. The van der Waals surface area contributed by atoms with E-state index in [0.717, 1.165) is 0 Å². The van der Waals surface area contributed by atoms with Crippen molar-refractivity contribution in [1.82, 2.24) is 4.98 Å². The molecule has 0 atom stereocenters. The maximum Gasteiger partial charge on any atom is 0.313 e. The Morgan fingerprint density at radius 2 is 1.83 bits per heavy atom. The van der Waals surface area contributed by atoms with E-state index >= 15 is 0 Å². The molecule has 0 aliphatic carbocycles. The van der Waals surface area contributed by atoms with E-state index in [9.17, 15) is 18.3 Å². The van der Waals surface area contributed by atoms with E-state index in [1.54, 1.807) is 26.0 Å². The minimum absolute atomic E-state index is 0.0307. The summed E-state index contributed by atoms with van der Waals surface area (Å²) in [6.07, 6.45) is 2.62. The average molecular weight is 350 g/mol. The van der Waals surface area contributed by atoms with E-state index < -0.39 is 21.4 Å². The summed E-state index contributed by atoms with van der Waals surface area (Å²) in [5, 5.41) is 9.22. The molecule has 2 aromatic rings. The highest BCUT2D eigenvalue weighted by Gasteiger charge is 2.29. The number of hydrogen-bond donors (Lipinski definition) is 2. The molecule has 8 heteroatoms. The third kappa shape index (κ3) is 3.65. The number of sulfonamides is 1. The molecular formula is C16H18N2O5S. The highest BCUT2D eigenvalue weighted by molar-refractivity contribution is 7.92. The van der Waals surface area contributed by atoms with Crippen LogP contribution in [0, 0.1) is 0 Å². The average Bonchev–Trinajstić information content (AvgIpc) is 2.55. The number of hydrogen-bond acceptors (Lipinski definition) is 5. The molecule has 1 heterocycles. The van der Waals surface area contributed by atoms with E-state index in [1.165, 1.54) is 37.7 Å². The molecular weight excluding hydrogens is 332 g/mol. The predicted molar refractivity (Wildman–Crippen MR) is 88.7 cm³/mol. The van der Waals surface area contributed by atoms with Gasteiger partial charge in [-0.3, -0.25) is 14.5 Å². The second kappa shape index (κ2) is 6.48. The van der Waals surface area contributed by atoms with Crippen molar-refractivity contribution in [3.8, 4) is 5.75 Å². The minimum Gasteiger partial charge on any atom is -0.495 e. The number of methoxy groups -OCH3 is 1. The lowest BCUT2D eigenvalue weighted by atomic mass is 9.85. The number of aliphatic carboxylic acids is 1. The van der Waals surface area contributed by atoms with Crippen LogP contribution in [0.4, 0.5) is 5.69 Å². The number of carbonyl (C=O) groups is 1. The molecule has 7 nitrogen and oxygen atoms in total. The van der Waals surface area contributed by atoms with Crippen LogP contribution in [0.15, 0.2) is 47.6 Å². The van der Waals surface area contributed by atoms with Crippen molar-refractivity contribution in [2.24, 2.45) is 0 Å². The molecule has 0 saturated carbocycles. The van der Waals surface area contributed by atoms with Crippen molar-refractivity contribution < 1.29 is 23.1 Å². The van der Waals surface area contributed by atoms with Gasteiger partial charge in [-0.1, -0.05) is 12.1 Å². The number of benzene rings is 1. The van der Waals surface area contributed by atoms with Gasteiger partial charge in [0.25, 0.3) is 10.0 Å². The summed E-state index contributed by atoms with van der Waals surface area (Å²) in [6.45, 7) is 3.16. The summed E-state index contributed by atoms with van der Waals surface area (Å²) in [6, 6.07) is 7.55. The number of nitrogens with one attached hydrogen (secondary N) is 1. The number of rotatable bonds is 6. The molecule has 0 amide bonds. The van der Waals surface area contributed by atoms with Crippen LogP contribution in [0.1, 0.15) is 19.4 Å². The fourth-order valence-electron chi connectivity index (χ4n) is 1.95. The molecule has 0 radical (unpaired) electrons. The lowest BCUT2D eigenvalue weighted by Gasteiger charge is -2.20. The van der Waals surface area contributed by atoms with E-state index in [2.05, 4.69) is 9.71 Å². The van der Waals surface area contributed by atoms with Crippen molar-refractivity contribution in [3.63, 3.8) is 0 Å². The SMILES string of the molecule is COc1cncc(S(=O)(=O)Nc2ccc(C(C)(C)C(=O)O)cc2)c1. The summed E-state index contributed by atoms with van der Waals surface area (Å²) in [4.78, 5) is 15.0. The third-order valence-electron chi connectivity index (χ3n) is 3.63. The Morgan fingerprint density at radius 1 is 1.21 bits per heavy atom. The first kappa shape index (κ1) is 17.7. The Hall–Kier alpha value is -2.61. The monoisotopic (exact) mass is 350 g/mol. The molecule has 2 rings (SSSR count). The van der Waals surface area contributed by atoms with Crippen LogP contribution in [0.3, 0.4) is 0 Å². The molecule has 2 N–H and O–H groups in total. The van der Waals surface area contributed by atoms with Gasteiger partial charge < -0.3 is 9.84 Å². The smallest absolute Gasteiger partial charge is 0.313 e. The number of ether oxygens (including phenoxy) is 1. The Bertz CT molecular complexity index is 845. The zero-order valence-corrected chi connectivity index (χ0v) is 14.3. The number of carboxylic acid groups (broad SMARTS) is 1. The second-order valence-corrected chi connectivity index (χ2v) is 7.36. The van der Waals surface area contributed by atoms with Crippen LogP contribution in [0.2, 0.25) is 0 Å². The highest BCUT2D eigenvalue weighted by atomic mass is 32.2. The summed E-state index contributed by atoms with van der Waals surface area (Å²) >= 11 is 0. The number of pyridine rings is 1. The van der Waals surface area contributed by atoms with Crippen LogP contribution < -0.4 is 9.46 Å². The largest absolute Gasteiger partial charge is 0.495 e. The topological polar surface area (TPSA) is 106 Å². The molecule has 0 aliphatic rings. The van der Waals surface area contributed by atoms with Crippen molar-refractivity contribution in [2.45, 2.75) is 24.2 Å². The van der Waals surface area contributed by atoms with E-state index in [0.29, 0.717) is 17.0 Å². The molecule has 0 saturated heterocycles. The maximum absolute atomic E-state index is 12.4. The number of carboxylic acids is 1. The fourth-order valence-corrected chi connectivity index (χ4v) is 2.99. The van der Waals surface area contributed by atoms with E-state index in [-0.39, 0.29) is 4.90 Å². The van der Waals surface area contributed by atoms with Gasteiger partial charge in [0.05, 0.1) is 18.7 Å². The van der Waals surface area contributed by atoms with Gasteiger partial charge in [0, 0.05) is 18.0 Å². The summed E-state index contributed by atoms with van der Waals surface area (Å²) in [7, 11) is -2.40. The molecule has 0 unspecified atom stereocenters. The van der Waals surface area contributed by atoms with Crippen molar-refractivity contribution in [1.29, 1.82) is 0 Å². The maximum atomic E-state index is 12.4. The molecule has 0 aliphatic heterocycles. The van der Waals surface area contributed by atoms with Crippen molar-refractivity contribution in [2.75, 3.05) is 11.8 Å². The molecule has 1 aromatic carbocycles. The van der Waals surface area contributed by atoms with Gasteiger partial charge in [-0.25, -0.2) is 8.42 Å². The van der Waals surface area contributed by atoms with Crippen molar-refractivity contribution >= 4 is 21.7 Å². The van der Waals surface area contributed by atoms with Crippen LogP contribution >= 0.6 is 0 Å². The van der Waals surface area contributed by atoms with Gasteiger partial charge in [-0.15, -0.1) is 0 Å². The molecule has 128 valence electrons. The van der Waals surface area contributed by atoms with E-state index in [1.807, 2.05) is 0 Å². The number of nitrogens with zero attached hydrogens (tertiary/aromatic N) is 1. The first-order valence-corrected chi connectivity index (χ1v) is 8.51. The van der Waals surface area contributed by atoms with Gasteiger partial charge in [0.2, 0.25) is 0 Å². The summed E-state index contributed by atoms with van der Waals surface area (Å²) < 4.78 is 32.1. The standard InChI is InChI=1S/C16H18N2O5S/c1-16(2,15(19)20)11-4-6-12(7-5-11)18-24(21,22)14-8-13(23-3)9-17-10-14/h4-10,18H,1-3H3,(H,19,20). The third-order valence-corrected chi connectivity index (χ3v) is 4.98. The van der Waals surface area contributed by atoms with Crippen molar-refractivity contribution in [3.05, 3.63) is 48.3 Å². The van der Waals surface area contributed by atoms with Gasteiger partial charge in [-0.05, 0) is 31.5 Å². The lowest BCUT2D eigenvalue weighted by Crippen LogP contribution is -2.28. The lowest BCUT2D eigenvalue weighted by molar-refractivity contribution is -0.142. The number of anilines is 1. The van der Waals surface area contributed by atoms with Crippen LogP contribution in [0.25, 0.3) is 0 Å². The highest BCUT2D eigenvalue weighted by Crippen LogP contribution is 2.26.